The van der Waals surface area contributed by atoms with Crippen LogP contribution in [0.15, 0.2) is 34.9 Å². The second kappa shape index (κ2) is 6.87. The molecular formula is C15H19BrN4O. The topological polar surface area (TPSA) is 72.9 Å². The molecule has 0 fully saturated rings. The second-order valence-electron chi connectivity index (χ2n) is 4.87. The molecule has 0 spiro atoms. The lowest BCUT2D eigenvalue weighted by Crippen LogP contribution is -2.21. The van der Waals surface area contributed by atoms with Crippen molar-refractivity contribution in [3.63, 3.8) is 0 Å². The van der Waals surface area contributed by atoms with Crippen LogP contribution in [0.1, 0.15) is 29.4 Å². The van der Waals surface area contributed by atoms with E-state index < -0.39 is 0 Å². The number of halogens is 1. The molecule has 2 aromatic rings. The van der Waals surface area contributed by atoms with Gasteiger partial charge in [0.2, 0.25) is 0 Å². The lowest BCUT2D eigenvalue weighted by Gasteiger charge is -2.11. The van der Waals surface area contributed by atoms with Gasteiger partial charge in [0.05, 0.1) is 5.69 Å². The third-order valence-corrected chi connectivity index (χ3v) is 4.09. The number of hydrogen-bond donors (Lipinski definition) is 2. The predicted molar refractivity (Wildman–Crippen MR) is 86.6 cm³/mol. The van der Waals surface area contributed by atoms with Crippen molar-refractivity contribution in [2.45, 2.75) is 25.8 Å². The van der Waals surface area contributed by atoms with Crippen molar-refractivity contribution in [1.82, 2.24) is 15.1 Å². The van der Waals surface area contributed by atoms with Crippen molar-refractivity contribution >= 4 is 21.8 Å². The van der Waals surface area contributed by atoms with E-state index in [1.54, 1.807) is 24.0 Å². The van der Waals surface area contributed by atoms with Crippen LogP contribution in [-0.4, -0.2) is 28.8 Å². The summed E-state index contributed by atoms with van der Waals surface area (Å²) in [6, 6.07) is 7.85. The Morgan fingerprint density at radius 2 is 2.24 bits per heavy atom. The van der Waals surface area contributed by atoms with Crippen LogP contribution in [0.5, 0.6) is 0 Å². The molecule has 2 rings (SSSR count). The molecule has 0 bridgehead atoms. The van der Waals surface area contributed by atoms with Gasteiger partial charge >= 0.3 is 0 Å². The Kier molecular flexibility index (Phi) is 5.14. The smallest absolute Gasteiger partial charge is 0.271 e. The Bertz CT molecular complexity index is 638. The molecule has 0 aliphatic rings. The Balaban J connectivity index is 2.23. The first-order valence-corrected chi connectivity index (χ1v) is 7.66. The van der Waals surface area contributed by atoms with Gasteiger partial charge in [-0.3, -0.25) is 4.79 Å². The summed E-state index contributed by atoms with van der Waals surface area (Å²) < 4.78 is 2.68. The van der Waals surface area contributed by atoms with E-state index in [4.69, 9.17) is 5.73 Å². The van der Waals surface area contributed by atoms with Crippen LogP contribution in [0.25, 0.3) is 5.69 Å². The first kappa shape index (κ1) is 15.7. The number of aromatic nitrogens is 2. The van der Waals surface area contributed by atoms with Crippen molar-refractivity contribution in [2.75, 3.05) is 7.05 Å². The number of hydrogen-bond acceptors (Lipinski definition) is 3. The number of benzene rings is 1. The number of nitrogens with zero attached hydrogens (tertiary/aromatic N) is 2. The van der Waals surface area contributed by atoms with Gasteiger partial charge in [0, 0.05) is 23.8 Å². The highest BCUT2D eigenvalue weighted by atomic mass is 79.9. The summed E-state index contributed by atoms with van der Waals surface area (Å²) in [4.78, 5) is 11.5. The van der Waals surface area contributed by atoms with Crippen LogP contribution in [0, 0.1) is 0 Å². The van der Waals surface area contributed by atoms with E-state index in [0.717, 1.165) is 23.0 Å². The summed E-state index contributed by atoms with van der Waals surface area (Å²) in [5.41, 5.74) is 8.45. The van der Waals surface area contributed by atoms with E-state index in [9.17, 15) is 4.79 Å². The van der Waals surface area contributed by atoms with E-state index >= 15 is 0 Å². The first-order valence-electron chi connectivity index (χ1n) is 6.87. The summed E-state index contributed by atoms with van der Waals surface area (Å²) in [7, 11) is 1.59. The van der Waals surface area contributed by atoms with Crippen molar-refractivity contribution < 1.29 is 4.79 Å². The maximum atomic E-state index is 11.5. The quantitative estimate of drug-likeness (QED) is 0.868. The van der Waals surface area contributed by atoms with Crippen molar-refractivity contribution in [3.8, 4) is 5.69 Å². The van der Waals surface area contributed by atoms with Crippen molar-refractivity contribution in [1.29, 1.82) is 0 Å². The Labute approximate surface area is 132 Å². The molecule has 0 saturated heterocycles. The molecule has 1 atom stereocenters. The molecule has 1 amide bonds. The van der Waals surface area contributed by atoms with Crippen LogP contribution in [0.2, 0.25) is 0 Å². The summed E-state index contributed by atoms with van der Waals surface area (Å²) >= 11 is 3.58. The zero-order valence-corrected chi connectivity index (χ0v) is 13.7. The highest BCUT2D eigenvalue weighted by molar-refractivity contribution is 9.10. The number of nitrogens with one attached hydrogen (secondary N) is 1. The second-order valence-corrected chi connectivity index (χ2v) is 5.73. The van der Waals surface area contributed by atoms with Gasteiger partial charge in [-0.15, -0.1) is 0 Å². The highest BCUT2D eigenvalue weighted by Gasteiger charge is 2.10. The molecule has 3 N–H and O–H groups in total. The number of rotatable bonds is 5. The Morgan fingerprint density at radius 3 is 2.86 bits per heavy atom. The number of carbonyl (C=O) groups is 1. The third-order valence-electron chi connectivity index (χ3n) is 3.36. The minimum atomic E-state index is -0.196. The molecule has 6 heteroatoms. The summed E-state index contributed by atoms with van der Waals surface area (Å²) in [6.07, 6.45) is 3.55. The normalized spacial score (nSPS) is 12.2. The van der Waals surface area contributed by atoms with Crippen LogP contribution in [0.3, 0.4) is 0 Å². The van der Waals surface area contributed by atoms with Gasteiger partial charge in [0.15, 0.2) is 5.69 Å². The minimum absolute atomic E-state index is 0.164. The molecule has 0 aliphatic carbocycles. The highest BCUT2D eigenvalue weighted by Crippen LogP contribution is 2.22. The van der Waals surface area contributed by atoms with E-state index in [1.165, 1.54) is 5.56 Å². The molecule has 0 aliphatic heterocycles. The molecule has 0 saturated carbocycles. The molecule has 0 radical (unpaired) electrons. The van der Waals surface area contributed by atoms with Gasteiger partial charge in [-0.2, -0.15) is 5.10 Å². The van der Waals surface area contributed by atoms with Crippen LogP contribution in [0.4, 0.5) is 0 Å². The SMILES string of the molecule is CCC(N)Cc1ccc(-n2ccc(C(=O)NC)n2)cc1Br. The Morgan fingerprint density at radius 1 is 1.48 bits per heavy atom. The molecule has 112 valence electrons. The van der Waals surface area contributed by atoms with Crippen LogP contribution < -0.4 is 11.1 Å². The molecule has 1 aromatic heterocycles. The first-order chi connectivity index (χ1) is 10.0. The van der Waals surface area contributed by atoms with E-state index in [1.807, 2.05) is 18.2 Å². The van der Waals surface area contributed by atoms with Gasteiger partial charge < -0.3 is 11.1 Å². The lowest BCUT2D eigenvalue weighted by molar-refractivity contribution is 0.0957. The molecular weight excluding hydrogens is 332 g/mol. The number of nitrogens with two attached hydrogens (primary N) is 1. The predicted octanol–water partition coefficient (Wildman–Crippen LogP) is 2.27. The van der Waals surface area contributed by atoms with Gasteiger partial charge in [-0.05, 0) is 36.6 Å². The number of carbonyl (C=O) groups excluding carboxylic acids is 1. The standard InChI is InChI=1S/C15H19BrN4O/c1-3-11(17)8-10-4-5-12(9-13(10)16)20-7-6-14(19-20)15(21)18-2/h4-7,9,11H,3,8,17H2,1-2H3,(H,18,21). The van der Waals surface area contributed by atoms with Crippen molar-refractivity contribution in [3.05, 3.63) is 46.2 Å². The van der Waals surface area contributed by atoms with Crippen molar-refractivity contribution in [2.24, 2.45) is 5.73 Å². The average Bonchev–Trinajstić information content (AvgIpc) is 2.98. The molecule has 21 heavy (non-hydrogen) atoms. The van der Waals surface area contributed by atoms with E-state index in [-0.39, 0.29) is 11.9 Å². The minimum Gasteiger partial charge on any atom is -0.354 e. The summed E-state index contributed by atoms with van der Waals surface area (Å²) in [5, 5.41) is 6.81. The van der Waals surface area contributed by atoms with Gasteiger partial charge in [0.1, 0.15) is 0 Å². The summed E-state index contributed by atoms with van der Waals surface area (Å²) in [6.45, 7) is 2.08. The number of amides is 1. The molecule has 1 heterocycles. The zero-order valence-electron chi connectivity index (χ0n) is 12.1. The van der Waals surface area contributed by atoms with Crippen LogP contribution >= 0.6 is 15.9 Å². The van der Waals surface area contributed by atoms with Gasteiger partial charge in [0.25, 0.3) is 5.91 Å². The molecule has 1 unspecified atom stereocenters. The van der Waals surface area contributed by atoms with Crippen LogP contribution in [-0.2, 0) is 6.42 Å². The Hall–Kier alpha value is -1.66. The fraction of sp³-hybridized carbons (Fsp3) is 0.333. The van der Waals surface area contributed by atoms with Gasteiger partial charge in [-0.1, -0.05) is 28.9 Å². The largest absolute Gasteiger partial charge is 0.354 e. The fourth-order valence-corrected chi connectivity index (χ4v) is 2.52. The maximum Gasteiger partial charge on any atom is 0.271 e. The summed E-state index contributed by atoms with van der Waals surface area (Å²) in [5.74, 6) is -0.196. The lowest BCUT2D eigenvalue weighted by atomic mass is 10.0. The molecule has 1 aromatic carbocycles. The monoisotopic (exact) mass is 350 g/mol. The maximum absolute atomic E-state index is 11.5. The zero-order chi connectivity index (χ0) is 15.4. The third kappa shape index (κ3) is 3.71. The van der Waals surface area contributed by atoms with E-state index in [0.29, 0.717) is 5.69 Å². The van der Waals surface area contributed by atoms with E-state index in [2.05, 4.69) is 33.3 Å². The average molecular weight is 351 g/mol. The molecule has 5 nitrogen and oxygen atoms in total. The fourth-order valence-electron chi connectivity index (χ4n) is 1.99. The van der Waals surface area contributed by atoms with Gasteiger partial charge in [-0.25, -0.2) is 4.68 Å².